The lowest BCUT2D eigenvalue weighted by molar-refractivity contribution is 0.0162. The van der Waals surface area contributed by atoms with Crippen molar-refractivity contribution >= 4 is 16.8 Å². The first-order valence-electron chi connectivity index (χ1n) is 9.74. The van der Waals surface area contributed by atoms with Gasteiger partial charge in [-0.25, -0.2) is 0 Å². The van der Waals surface area contributed by atoms with Crippen LogP contribution in [-0.2, 0) is 4.74 Å². The number of hydrogen-bond acceptors (Lipinski definition) is 4. The molecule has 1 aliphatic rings. The molecule has 1 saturated heterocycles. The minimum absolute atomic E-state index is 0.0594. The summed E-state index contributed by atoms with van der Waals surface area (Å²) < 4.78 is 5.51. The molecular weight excluding hydrogens is 350 g/mol. The van der Waals surface area contributed by atoms with E-state index in [1.165, 1.54) is 5.56 Å². The van der Waals surface area contributed by atoms with Gasteiger partial charge < -0.3 is 10.1 Å². The van der Waals surface area contributed by atoms with Crippen molar-refractivity contribution in [2.45, 2.75) is 13.0 Å². The molecule has 144 valence electrons. The van der Waals surface area contributed by atoms with Crippen molar-refractivity contribution < 1.29 is 9.53 Å². The maximum absolute atomic E-state index is 13.0. The van der Waals surface area contributed by atoms with Crippen LogP contribution in [0.2, 0.25) is 0 Å². The largest absolute Gasteiger partial charge is 0.379 e. The Morgan fingerprint density at radius 3 is 2.61 bits per heavy atom. The van der Waals surface area contributed by atoms with Gasteiger partial charge in [-0.3, -0.25) is 14.7 Å². The van der Waals surface area contributed by atoms with Crippen molar-refractivity contribution in [1.29, 1.82) is 0 Å². The number of nitrogens with one attached hydrogen (secondary N) is 1. The number of carbonyl (C=O) groups excluding carboxylic acids is 1. The number of para-hydroxylation sites is 1. The molecule has 0 aliphatic carbocycles. The first kappa shape index (κ1) is 18.6. The molecule has 1 aromatic heterocycles. The van der Waals surface area contributed by atoms with E-state index < -0.39 is 0 Å². The molecule has 4 rings (SSSR count). The summed E-state index contributed by atoms with van der Waals surface area (Å²) in [5.74, 6) is -0.0594. The van der Waals surface area contributed by atoms with Gasteiger partial charge in [0.2, 0.25) is 0 Å². The maximum Gasteiger partial charge on any atom is 0.252 e. The minimum Gasteiger partial charge on any atom is -0.379 e. The van der Waals surface area contributed by atoms with Crippen LogP contribution in [0.25, 0.3) is 10.9 Å². The van der Waals surface area contributed by atoms with E-state index >= 15 is 0 Å². The summed E-state index contributed by atoms with van der Waals surface area (Å²) in [6.07, 6.45) is 0. The second-order valence-electron chi connectivity index (χ2n) is 7.11. The molecule has 2 aromatic carbocycles. The van der Waals surface area contributed by atoms with Gasteiger partial charge in [-0.15, -0.1) is 0 Å². The standard InChI is InChI=1S/C23H25N3O2/c1-17-15-20(19-9-5-6-10-21(19)25-17)23(27)24-16-22(18-7-3-2-4-8-18)26-11-13-28-14-12-26/h2-10,15,22H,11-14,16H2,1H3,(H,24,27). The van der Waals surface area contributed by atoms with Gasteiger partial charge in [-0.05, 0) is 24.6 Å². The highest BCUT2D eigenvalue weighted by molar-refractivity contribution is 6.06. The fourth-order valence-corrected chi connectivity index (χ4v) is 3.80. The number of ether oxygens (including phenoxy) is 1. The Balaban J connectivity index is 1.56. The van der Waals surface area contributed by atoms with Gasteiger partial charge in [-0.2, -0.15) is 0 Å². The molecule has 1 N–H and O–H groups in total. The van der Waals surface area contributed by atoms with E-state index in [0.717, 1.165) is 42.9 Å². The van der Waals surface area contributed by atoms with Crippen LogP contribution in [-0.4, -0.2) is 48.6 Å². The summed E-state index contributed by atoms with van der Waals surface area (Å²) in [5, 5.41) is 4.05. The minimum atomic E-state index is -0.0594. The summed E-state index contributed by atoms with van der Waals surface area (Å²) in [6.45, 7) is 5.67. The lowest BCUT2D eigenvalue weighted by atomic mass is 10.0. The summed E-state index contributed by atoms with van der Waals surface area (Å²) in [4.78, 5) is 20.0. The third-order valence-corrected chi connectivity index (χ3v) is 5.22. The van der Waals surface area contributed by atoms with E-state index in [9.17, 15) is 4.79 Å². The van der Waals surface area contributed by atoms with Crippen LogP contribution < -0.4 is 5.32 Å². The molecule has 0 bridgehead atoms. The Hall–Kier alpha value is -2.76. The Kier molecular flexibility index (Phi) is 5.65. The number of fused-ring (bicyclic) bond motifs is 1. The number of nitrogens with zero attached hydrogens (tertiary/aromatic N) is 2. The molecule has 1 fully saturated rings. The number of carbonyl (C=O) groups is 1. The molecule has 0 spiro atoms. The highest BCUT2D eigenvalue weighted by atomic mass is 16.5. The first-order chi connectivity index (χ1) is 13.7. The van der Waals surface area contributed by atoms with Crippen molar-refractivity contribution in [2.75, 3.05) is 32.8 Å². The van der Waals surface area contributed by atoms with Gasteiger partial charge >= 0.3 is 0 Å². The number of aryl methyl sites for hydroxylation is 1. The molecule has 0 radical (unpaired) electrons. The molecule has 1 amide bonds. The van der Waals surface area contributed by atoms with Gasteiger partial charge in [0.1, 0.15) is 0 Å². The molecule has 2 heterocycles. The lowest BCUT2D eigenvalue weighted by Gasteiger charge is -2.35. The average Bonchev–Trinajstić information content (AvgIpc) is 2.74. The van der Waals surface area contributed by atoms with Gasteiger partial charge in [0.05, 0.1) is 30.3 Å². The molecule has 1 atom stereocenters. The molecule has 3 aromatic rings. The normalized spacial score (nSPS) is 16.0. The second-order valence-corrected chi connectivity index (χ2v) is 7.11. The van der Waals surface area contributed by atoms with Gasteiger partial charge in [-0.1, -0.05) is 48.5 Å². The topological polar surface area (TPSA) is 54.5 Å². The fraction of sp³-hybridized carbons (Fsp3) is 0.304. The van der Waals surface area contributed by atoms with Crippen molar-refractivity contribution in [1.82, 2.24) is 15.2 Å². The first-order valence-corrected chi connectivity index (χ1v) is 9.74. The smallest absolute Gasteiger partial charge is 0.252 e. The number of pyridine rings is 1. The van der Waals surface area contributed by atoms with Gasteiger partial charge in [0, 0.05) is 30.7 Å². The average molecular weight is 375 g/mol. The highest BCUT2D eigenvalue weighted by Gasteiger charge is 2.23. The van der Waals surface area contributed by atoms with Crippen LogP contribution >= 0.6 is 0 Å². The van der Waals surface area contributed by atoms with Crippen LogP contribution in [0.4, 0.5) is 0 Å². The summed E-state index contributed by atoms with van der Waals surface area (Å²) >= 11 is 0. The van der Waals surface area contributed by atoms with E-state index in [2.05, 4.69) is 27.3 Å². The molecule has 5 heteroatoms. The van der Waals surface area contributed by atoms with Crippen LogP contribution in [0.5, 0.6) is 0 Å². The third kappa shape index (κ3) is 4.06. The van der Waals surface area contributed by atoms with Crippen molar-refractivity contribution in [2.24, 2.45) is 0 Å². The lowest BCUT2D eigenvalue weighted by Crippen LogP contribution is -2.43. The Morgan fingerprint density at radius 1 is 1.11 bits per heavy atom. The predicted molar refractivity (Wildman–Crippen MR) is 110 cm³/mol. The van der Waals surface area contributed by atoms with Gasteiger partial charge in [0.15, 0.2) is 0 Å². The van der Waals surface area contributed by atoms with E-state index in [4.69, 9.17) is 4.74 Å². The monoisotopic (exact) mass is 375 g/mol. The third-order valence-electron chi connectivity index (χ3n) is 5.22. The number of amides is 1. The van der Waals surface area contributed by atoms with E-state index in [1.54, 1.807) is 0 Å². The number of aromatic nitrogens is 1. The fourth-order valence-electron chi connectivity index (χ4n) is 3.80. The van der Waals surface area contributed by atoms with Crippen molar-refractivity contribution in [3.8, 4) is 0 Å². The van der Waals surface area contributed by atoms with E-state index in [1.807, 2.05) is 55.5 Å². The van der Waals surface area contributed by atoms with Gasteiger partial charge in [0.25, 0.3) is 5.91 Å². The quantitative estimate of drug-likeness (QED) is 0.743. The summed E-state index contributed by atoms with van der Waals surface area (Å²) in [5.41, 5.74) is 3.58. The SMILES string of the molecule is Cc1cc(C(=O)NCC(c2ccccc2)N2CCOCC2)c2ccccc2n1. The highest BCUT2D eigenvalue weighted by Crippen LogP contribution is 2.22. The molecule has 0 saturated carbocycles. The van der Waals surface area contributed by atoms with Crippen molar-refractivity contribution in [3.05, 3.63) is 77.5 Å². The molecule has 1 aliphatic heterocycles. The second kappa shape index (κ2) is 8.50. The van der Waals surface area contributed by atoms with Crippen LogP contribution in [0.15, 0.2) is 60.7 Å². The molecule has 1 unspecified atom stereocenters. The van der Waals surface area contributed by atoms with E-state index in [0.29, 0.717) is 12.1 Å². The molecule has 28 heavy (non-hydrogen) atoms. The Labute approximate surface area is 165 Å². The Morgan fingerprint density at radius 2 is 1.82 bits per heavy atom. The predicted octanol–water partition coefficient (Wildman–Crippen LogP) is 3.35. The Bertz CT molecular complexity index is 952. The van der Waals surface area contributed by atoms with Crippen LogP contribution in [0, 0.1) is 6.92 Å². The number of hydrogen-bond donors (Lipinski definition) is 1. The van der Waals surface area contributed by atoms with E-state index in [-0.39, 0.29) is 11.9 Å². The zero-order valence-electron chi connectivity index (χ0n) is 16.1. The summed E-state index contributed by atoms with van der Waals surface area (Å²) in [7, 11) is 0. The van der Waals surface area contributed by atoms with Crippen LogP contribution in [0.3, 0.4) is 0 Å². The number of benzene rings is 2. The summed E-state index contributed by atoms with van der Waals surface area (Å²) in [6, 6.07) is 20.1. The van der Waals surface area contributed by atoms with Crippen molar-refractivity contribution in [3.63, 3.8) is 0 Å². The van der Waals surface area contributed by atoms with Crippen LogP contribution in [0.1, 0.15) is 27.7 Å². The number of rotatable bonds is 5. The number of morpholine rings is 1. The zero-order chi connectivity index (χ0) is 19.3. The molecular formula is C23H25N3O2. The maximum atomic E-state index is 13.0. The zero-order valence-corrected chi connectivity index (χ0v) is 16.1. The molecule has 5 nitrogen and oxygen atoms in total.